The van der Waals surface area contributed by atoms with Crippen LogP contribution in [0.25, 0.3) is 5.70 Å². The maximum atomic E-state index is 6.07. The molecule has 1 aliphatic rings. The number of nitrogen functional groups attached to an aromatic ring is 1. The van der Waals surface area contributed by atoms with Gasteiger partial charge < -0.3 is 20.5 Å². The van der Waals surface area contributed by atoms with Crippen LogP contribution in [0.2, 0.25) is 0 Å². The van der Waals surface area contributed by atoms with E-state index in [1.165, 1.54) is 0 Å². The van der Waals surface area contributed by atoms with Gasteiger partial charge in [0.1, 0.15) is 17.2 Å². The fourth-order valence-electron chi connectivity index (χ4n) is 2.80. The minimum atomic E-state index is -0.331. The van der Waals surface area contributed by atoms with Crippen LogP contribution in [0.4, 0.5) is 5.69 Å². The molecule has 0 radical (unpaired) electrons. The van der Waals surface area contributed by atoms with Gasteiger partial charge in [0.05, 0.1) is 0 Å². The molecule has 124 valence electrons. The zero-order valence-electron chi connectivity index (χ0n) is 13.6. The van der Waals surface area contributed by atoms with Crippen molar-refractivity contribution in [2.75, 3.05) is 5.73 Å². The summed E-state index contributed by atoms with van der Waals surface area (Å²) in [5, 5.41) is 3.28. The molecule has 0 bridgehead atoms. The van der Waals surface area contributed by atoms with Crippen LogP contribution in [0.3, 0.4) is 0 Å². The predicted molar refractivity (Wildman–Crippen MR) is 99.4 cm³/mol. The van der Waals surface area contributed by atoms with Gasteiger partial charge in [0.25, 0.3) is 0 Å². The lowest BCUT2D eigenvalue weighted by molar-refractivity contribution is 0.177. The number of ether oxygens (including phenoxy) is 2. The summed E-state index contributed by atoms with van der Waals surface area (Å²) in [6.45, 7) is 4.08. The first kappa shape index (κ1) is 15.1. The Labute approximate surface area is 146 Å². The second-order valence-corrected chi connectivity index (χ2v) is 5.86. The van der Waals surface area contributed by atoms with Crippen LogP contribution in [0.15, 0.2) is 79.4 Å². The topological polar surface area (TPSA) is 56.5 Å². The molecule has 4 nitrogen and oxygen atoms in total. The zero-order valence-corrected chi connectivity index (χ0v) is 13.6. The summed E-state index contributed by atoms with van der Waals surface area (Å²) in [6.07, 6.45) is -0.331. The quantitative estimate of drug-likeness (QED) is 0.683. The molecule has 25 heavy (non-hydrogen) atoms. The lowest BCUT2D eigenvalue weighted by Crippen LogP contribution is -2.29. The molecule has 3 aromatic carbocycles. The Morgan fingerprint density at radius 1 is 0.920 bits per heavy atom. The lowest BCUT2D eigenvalue weighted by atomic mass is 10.1. The van der Waals surface area contributed by atoms with E-state index >= 15 is 0 Å². The van der Waals surface area contributed by atoms with Gasteiger partial charge in [-0.25, -0.2) is 0 Å². The van der Waals surface area contributed by atoms with Crippen LogP contribution in [0, 0.1) is 0 Å². The maximum absolute atomic E-state index is 6.07. The van der Waals surface area contributed by atoms with Crippen LogP contribution < -0.4 is 20.5 Å². The van der Waals surface area contributed by atoms with Gasteiger partial charge >= 0.3 is 0 Å². The maximum Gasteiger partial charge on any atom is 0.196 e. The third-order valence-corrected chi connectivity index (χ3v) is 4.02. The van der Waals surface area contributed by atoms with E-state index < -0.39 is 0 Å². The minimum Gasteiger partial charge on any atom is -0.466 e. The highest BCUT2D eigenvalue weighted by Gasteiger charge is 2.23. The number of benzene rings is 3. The molecular formula is C21H18N2O2. The number of fused-ring (bicyclic) bond motifs is 1. The molecule has 0 saturated carbocycles. The number of para-hydroxylation sites is 1. The molecule has 0 aromatic heterocycles. The van der Waals surface area contributed by atoms with E-state index in [2.05, 4.69) is 11.9 Å². The molecule has 0 spiro atoms. The summed E-state index contributed by atoms with van der Waals surface area (Å²) in [4.78, 5) is 0. The number of nitrogens with two attached hydrogens (primary N) is 1. The molecular weight excluding hydrogens is 312 g/mol. The number of anilines is 1. The molecule has 3 aromatic rings. The summed E-state index contributed by atoms with van der Waals surface area (Å²) in [5.41, 5.74) is 9.15. The molecule has 1 aliphatic heterocycles. The smallest absolute Gasteiger partial charge is 0.196 e. The lowest BCUT2D eigenvalue weighted by Gasteiger charge is -2.30. The van der Waals surface area contributed by atoms with Crippen LogP contribution in [0.5, 0.6) is 17.2 Å². The standard InChI is InChI=1S/C21H18N2O2/c1-14-19-13-16(22)10-11-20(19)25-21(23-14)15-6-5-9-18(12-15)24-17-7-3-2-4-8-17/h2-13,21,23H,1,22H2. The average Bonchev–Trinajstić information content (AvgIpc) is 2.63. The molecule has 0 fully saturated rings. The molecule has 1 unspecified atom stereocenters. The van der Waals surface area contributed by atoms with Gasteiger partial charge in [0, 0.05) is 22.5 Å². The number of hydrogen-bond donors (Lipinski definition) is 2. The summed E-state index contributed by atoms with van der Waals surface area (Å²) >= 11 is 0. The number of nitrogens with one attached hydrogen (secondary N) is 1. The van der Waals surface area contributed by atoms with Gasteiger partial charge in [-0.15, -0.1) is 0 Å². The summed E-state index contributed by atoms with van der Waals surface area (Å²) in [5.74, 6) is 2.31. The van der Waals surface area contributed by atoms with E-state index in [-0.39, 0.29) is 6.23 Å². The Kier molecular flexibility index (Phi) is 3.78. The summed E-state index contributed by atoms with van der Waals surface area (Å²) < 4.78 is 12.0. The van der Waals surface area contributed by atoms with Gasteiger partial charge in [-0.3, -0.25) is 0 Å². The van der Waals surface area contributed by atoms with Crippen LogP contribution in [0.1, 0.15) is 17.4 Å². The Morgan fingerprint density at radius 2 is 1.72 bits per heavy atom. The average molecular weight is 330 g/mol. The summed E-state index contributed by atoms with van der Waals surface area (Å²) in [6, 6.07) is 23.0. The Hall–Kier alpha value is -3.40. The van der Waals surface area contributed by atoms with E-state index in [0.717, 1.165) is 34.1 Å². The van der Waals surface area contributed by atoms with E-state index in [1.54, 1.807) is 0 Å². The van der Waals surface area contributed by atoms with Crippen molar-refractivity contribution >= 4 is 11.4 Å². The second-order valence-electron chi connectivity index (χ2n) is 5.86. The monoisotopic (exact) mass is 330 g/mol. The number of hydrogen-bond acceptors (Lipinski definition) is 4. The molecule has 0 aliphatic carbocycles. The van der Waals surface area contributed by atoms with Gasteiger partial charge in [-0.1, -0.05) is 36.9 Å². The first-order valence-electron chi connectivity index (χ1n) is 8.04. The van der Waals surface area contributed by atoms with Gasteiger partial charge in [0.2, 0.25) is 0 Å². The molecule has 4 heteroatoms. The molecule has 1 heterocycles. The van der Waals surface area contributed by atoms with Crippen LogP contribution in [-0.4, -0.2) is 0 Å². The number of rotatable bonds is 3. The first-order valence-corrected chi connectivity index (χ1v) is 8.04. The van der Waals surface area contributed by atoms with Crippen molar-refractivity contribution in [2.24, 2.45) is 0 Å². The normalized spacial score (nSPS) is 15.7. The van der Waals surface area contributed by atoms with Gasteiger partial charge in [-0.05, 0) is 42.5 Å². The first-order chi connectivity index (χ1) is 12.2. The Balaban J connectivity index is 1.59. The second kappa shape index (κ2) is 6.24. The molecule has 4 rings (SSSR count). The largest absolute Gasteiger partial charge is 0.466 e. The van der Waals surface area contributed by atoms with Crippen LogP contribution >= 0.6 is 0 Å². The highest BCUT2D eigenvalue weighted by Crippen LogP contribution is 2.36. The predicted octanol–water partition coefficient (Wildman–Crippen LogP) is 4.71. The third kappa shape index (κ3) is 3.15. The molecule has 3 N–H and O–H groups in total. The van der Waals surface area contributed by atoms with E-state index in [4.69, 9.17) is 15.2 Å². The fraction of sp³-hybridized carbons (Fsp3) is 0.0476. The zero-order chi connectivity index (χ0) is 17.2. The van der Waals surface area contributed by atoms with Crippen molar-refractivity contribution in [1.82, 2.24) is 5.32 Å². The fourth-order valence-corrected chi connectivity index (χ4v) is 2.80. The van der Waals surface area contributed by atoms with Crippen molar-refractivity contribution in [3.63, 3.8) is 0 Å². The highest BCUT2D eigenvalue weighted by atomic mass is 16.5. The van der Waals surface area contributed by atoms with Gasteiger partial charge in [-0.2, -0.15) is 0 Å². The minimum absolute atomic E-state index is 0.331. The van der Waals surface area contributed by atoms with Crippen molar-refractivity contribution in [3.8, 4) is 17.2 Å². The molecule has 0 saturated heterocycles. The van der Waals surface area contributed by atoms with E-state index in [0.29, 0.717) is 5.69 Å². The van der Waals surface area contributed by atoms with Crippen molar-refractivity contribution in [1.29, 1.82) is 0 Å². The molecule has 1 atom stereocenters. The third-order valence-electron chi connectivity index (χ3n) is 4.02. The van der Waals surface area contributed by atoms with Crippen LogP contribution in [-0.2, 0) is 0 Å². The van der Waals surface area contributed by atoms with Gasteiger partial charge in [0.15, 0.2) is 6.23 Å². The Bertz CT molecular complexity index is 922. The Morgan fingerprint density at radius 3 is 2.56 bits per heavy atom. The summed E-state index contributed by atoms with van der Waals surface area (Å²) in [7, 11) is 0. The SMILES string of the molecule is C=C1NC(c2cccc(Oc3ccccc3)c2)Oc2ccc(N)cc21. The van der Waals surface area contributed by atoms with E-state index in [1.807, 2.05) is 72.8 Å². The van der Waals surface area contributed by atoms with E-state index in [9.17, 15) is 0 Å². The van der Waals surface area contributed by atoms with Crippen molar-refractivity contribution < 1.29 is 9.47 Å². The van der Waals surface area contributed by atoms with Crippen molar-refractivity contribution in [3.05, 3.63) is 90.5 Å². The van der Waals surface area contributed by atoms with Crippen molar-refractivity contribution in [2.45, 2.75) is 6.23 Å². The highest BCUT2D eigenvalue weighted by molar-refractivity contribution is 5.72. The molecule has 0 amide bonds.